The van der Waals surface area contributed by atoms with Gasteiger partial charge in [0.05, 0.1) is 5.01 Å². The lowest BCUT2D eigenvalue weighted by molar-refractivity contribution is 0.406. The van der Waals surface area contributed by atoms with E-state index in [4.69, 9.17) is 0 Å². The monoisotopic (exact) mass is 256 g/mol. The molecule has 1 N–H and O–H groups in total. The third kappa shape index (κ3) is 2.79. The van der Waals surface area contributed by atoms with E-state index in [1.54, 1.807) is 11.3 Å². The number of nitrogens with one attached hydrogen (secondary N) is 1. The highest BCUT2D eigenvalue weighted by Gasteiger charge is 2.37. The maximum Gasteiger partial charge on any atom is 0.0940 e. The van der Waals surface area contributed by atoms with Gasteiger partial charge in [0, 0.05) is 28.8 Å². The molecule has 1 aliphatic heterocycles. The maximum atomic E-state index is 4.41. The standard InChI is InChI=1S/C12H20N2S2/c1-3-13-10(9-11-14-6-8-15-11)12(2)5-4-7-16-12/h6,8,10,13H,3-5,7,9H2,1-2H3. The van der Waals surface area contributed by atoms with Crippen molar-refractivity contribution in [2.24, 2.45) is 0 Å². The zero-order valence-corrected chi connectivity index (χ0v) is 11.7. The highest BCUT2D eigenvalue weighted by Crippen LogP contribution is 2.41. The Labute approximate surface area is 106 Å². The number of aromatic nitrogens is 1. The van der Waals surface area contributed by atoms with Crippen LogP contribution >= 0.6 is 23.1 Å². The molecule has 0 aromatic carbocycles. The molecule has 1 aromatic heterocycles. The minimum absolute atomic E-state index is 0.404. The van der Waals surface area contributed by atoms with Crippen molar-refractivity contribution < 1.29 is 0 Å². The van der Waals surface area contributed by atoms with Crippen LogP contribution < -0.4 is 5.32 Å². The third-order valence-corrected chi connectivity index (χ3v) is 5.74. The Morgan fingerprint density at radius 3 is 3.06 bits per heavy atom. The molecule has 1 aliphatic rings. The van der Waals surface area contributed by atoms with E-state index in [0.717, 1.165) is 13.0 Å². The van der Waals surface area contributed by atoms with Crippen molar-refractivity contribution in [3.8, 4) is 0 Å². The van der Waals surface area contributed by atoms with E-state index in [1.807, 2.05) is 6.20 Å². The molecular weight excluding hydrogens is 236 g/mol. The first-order valence-electron chi connectivity index (χ1n) is 6.00. The van der Waals surface area contributed by atoms with Crippen LogP contribution in [0.15, 0.2) is 11.6 Å². The van der Waals surface area contributed by atoms with Gasteiger partial charge in [-0.05, 0) is 32.1 Å². The predicted molar refractivity (Wildman–Crippen MR) is 73.4 cm³/mol. The zero-order valence-electron chi connectivity index (χ0n) is 10.0. The number of thiazole rings is 1. The molecule has 0 aliphatic carbocycles. The Morgan fingerprint density at radius 1 is 1.62 bits per heavy atom. The van der Waals surface area contributed by atoms with Crippen molar-refractivity contribution in [3.63, 3.8) is 0 Å². The van der Waals surface area contributed by atoms with E-state index in [9.17, 15) is 0 Å². The lowest BCUT2D eigenvalue weighted by Gasteiger charge is -2.33. The Bertz CT molecular complexity index is 305. The lowest BCUT2D eigenvalue weighted by atomic mass is 9.93. The summed E-state index contributed by atoms with van der Waals surface area (Å²) in [5, 5.41) is 6.98. The zero-order chi connectivity index (χ0) is 11.4. The molecule has 90 valence electrons. The minimum atomic E-state index is 0.404. The summed E-state index contributed by atoms with van der Waals surface area (Å²) in [4.78, 5) is 4.41. The number of hydrogen-bond acceptors (Lipinski definition) is 4. The molecule has 2 unspecified atom stereocenters. The summed E-state index contributed by atoms with van der Waals surface area (Å²) in [6, 6.07) is 0.566. The topological polar surface area (TPSA) is 24.9 Å². The summed E-state index contributed by atoms with van der Waals surface area (Å²) in [5.41, 5.74) is 0. The van der Waals surface area contributed by atoms with Crippen molar-refractivity contribution in [2.75, 3.05) is 12.3 Å². The van der Waals surface area contributed by atoms with Crippen LogP contribution in [0.25, 0.3) is 0 Å². The molecule has 0 bridgehead atoms. The molecule has 2 nitrogen and oxygen atoms in total. The van der Waals surface area contributed by atoms with Crippen LogP contribution in [0.5, 0.6) is 0 Å². The van der Waals surface area contributed by atoms with Crippen LogP contribution in [0.2, 0.25) is 0 Å². The number of hydrogen-bond donors (Lipinski definition) is 1. The summed E-state index contributed by atoms with van der Waals surface area (Å²) in [6.07, 6.45) is 5.68. The van der Waals surface area contributed by atoms with Gasteiger partial charge >= 0.3 is 0 Å². The molecule has 2 heterocycles. The molecule has 0 saturated carbocycles. The summed E-state index contributed by atoms with van der Waals surface area (Å²) < 4.78 is 0.404. The summed E-state index contributed by atoms with van der Waals surface area (Å²) in [5.74, 6) is 1.32. The Hall–Kier alpha value is -0.0600. The van der Waals surface area contributed by atoms with Gasteiger partial charge in [0.2, 0.25) is 0 Å². The molecular formula is C12H20N2S2. The number of thioether (sulfide) groups is 1. The van der Waals surface area contributed by atoms with Gasteiger partial charge in [0.1, 0.15) is 0 Å². The van der Waals surface area contributed by atoms with Gasteiger partial charge in [-0.15, -0.1) is 11.3 Å². The number of rotatable bonds is 5. The average Bonchev–Trinajstić information content (AvgIpc) is 2.89. The molecule has 1 aromatic rings. The van der Waals surface area contributed by atoms with Gasteiger partial charge in [-0.1, -0.05) is 6.92 Å². The van der Waals surface area contributed by atoms with Crippen molar-refractivity contribution in [1.29, 1.82) is 0 Å². The van der Waals surface area contributed by atoms with Gasteiger partial charge < -0.3 is 5.32 Å². The molecule has 0 amide bonds. The fourth-order valence-corrected chi connectivity index (χ4v) is 4.43. The maximum absolute atomic E-state index is 4.41. The molecule has 4 heteroatoms. The Kier molecular flexibility index (Phi) is 4.27. The molecule has 1 fully saturated rings. The van der Waals surface area contributed by atoms with Crippen LogP contribution in [0.4, 0.5) is 0 Å². The largest absolute Gasteiger partial charge is 0.312 e. The number of likely N-dealkylation sites (N-methyl/N-ethyl adjacent to an activating group) is 1. The van der Waals surface area contributed by atoms with Crippen molar-refractivity contribution in [2.45, 2.75) is 43.9 Å². The van der Waals surface area contributed by atoms with Gasteiger partial charge in [-0.25, -0.2) is 4.98 Å². The SMILES string of the molecule is CCNC(Cc1nccs1)C1(C)CCCS1. The van der Waals surface area contributed by atoms with Crippen LogP contribution in [0, 0.1) is 0 Å². The molecule has 1 saturated heterocycles. The van der Waals surface area contributed by atoms with Gasteiger partial charge in [0.25, 0.3) is 0 Å². The summed E-state index contributed by atoms with van der Waals surface area (Å²) >= 11 is 3.90. The van der Waals surface area contributed by atoms with E-state index in [-0.39, 0.29) is 0 Å². The highest BCUT2D eigenvalue weighted by atomic mass is 32.2. The molecule has 0 radical (unpaired) electrons. The van der Waals surface area contributed by atoms with Gasteiger partial charge in [-0.2, -0.15) is 11.8 Å². The normalized spacial score (nSPS) is 27.1. The van der Waals surface area contributed by atoms with Crippen LogP contribution in [-0.2, 0) is 6.42 Å². The fraction of sp³-hybridized carbons (Fsp3) is 0.750. The second-order valence-corrected chi connectivity index (χ2v) is 7.11. The van der Waals surface area contributed by atoms with Crippen molar-refractivity contribution in [1.82, 2.24) is 10.3 Å². The van der Waals surface area contributed by atoms with Gasteiger partial charge in [-0.3, -0.25) is 0 Å². The smallest absolute Gasteiger partial charge is 0.0940 e. The van der Waals surface area contributed by atoms with Crippen molar-refractivity contribution in [3.05, 3.63) is 16.6 Å². The highest BCUT2D eigenvalue weighted by molar-refractivity contribution is 8.00. The summed E-state index contributed by atoms with van der Waals surface area (Å²) in [7, 11) is 0. The van der Waals surface area contributed by atoms with Crippen LogP contribution in [0.1, 0.15) is 31.7 Å². The van der Waals surface area contributed by atoms with Crippen LogP contribution in [-0.4, -0.2) is 28.1 Å². The average molecular weight is 256 g/mol. The summed E-state index contributed by atoms with van der Waals surface area (Å²) in [6.45, 7) is 5.65. The van der Waals surface area contributed by atoms with E-state index in [2.05, 4.69) is 41.3 Å². The third-order valence-electron chi connectivity index (χ3n) is 3.30. The van der Waals surface area contributed by atoms with Crippen molar-refractivity contribution >= 4 is 23.1 Å². The van der Waals surface area contributed by atoms with E-state index in [0.29, 0.717) is 10.8 Å². The van der Waals surface area contributed by atoms with E-state index >= 15 is 0 Å². The first kappa shape index (κ1) is 12.4. The molecule has 0 spiro atoms. The molecule has 2 rings (SSSR count). The van der Waals surface area contributed by atoms with E-state index in [1.165, 1.54) is 23.6 Å². The second-order valence-electron chi connectivity index (χ2n) is 4.50. The van der Waals surface area contributed by atoms with Crippen LogP contribution in [0.3, 0.4) is 0 Å². The minimum Gasteiger partial charge on any atom is -0.312 e. The molecule has 16 heavy (non-hydrogen) atoms. The van der Waals surface area contributed by atoms with E-state index < -0.39 is 0 Å². The first-order valence-corrected chi connectivity index (χ1v) is 7.87. The Morgan fingerprint density at radius 2 is 2.50 bits per heavy atom. The quantitative estimate of drug-likeness (QED) is 0.877. The first-order chi connectivity index (χ1) is 7.74. The Balaban J connectivity index is 2.04. The predicted octanol–water partition coefficient (Wildman–Crippen LogP) is 2.95. The number of nitrogens with zero attached hydrogens (tertiary/aromatic N) is 1. The lowest BCUT2D eigenvalue weighted by Crippen LogP contribution is -2.46. The fourth-order valence-electron chi connectivity index (χ4n) is 2.35. The van der Waals surface area contributed by atoms with Gasteiger partial charge in [0.15, 0.2) is 0 Å². The molecule has 2 atom stereocenters. The second kappa shape index (κ2) is 5.52.